The number of aromatic nitrogens is 2. The van der Waals surface area contributed by atoms with Gasteiger partial charge in [0.1, 0.15) is 10.8 Å². The van der Waals surface area contributed by atoms with Gasteiger partial charge in [-0.3, -0.25) is 9.69 Å². The third-order valence-corrected chi connectivity index (χ3v) is 5.25. The molecule has 1 aromatic carbocycles. The second-order valence-corrected chi connectivity index (χ2v) is 7.28. The highest BCUT2D eigenvalue weighted by atomic mass is 35.5. The third kappa shape index (κ3) is 4.73. The van der Waals surface area contributed by atoms with Gasteiger partial charge in [-0.05, 0) is 37.6 Å². The summed E-state index contributed by atoms with van der Waals surface area (Å²) in [6, 6.07) is 5.83. The van der Waals surface area contributed by atoms with Crippen LogP contribution in [0.4, 0.5) is 11.4 Å². The van der Waals surface area contributed by atoms with E-state index in [1.54, 1.807) is 13.2 Å². The molecule has 8 heteroatoms. The van der Waals surface area contributed by atoms with Gasteiger partial charge in [0.25, 0.3) is 5.56 Å². The van der Waals surface area contributed by atoms with Crippen LogP contribution in [0.3, 0.4) is 0 Å². The summed E-state index contributed by atoms with van der Waals surface area (Å²) in [5.74, 6) is 0.354. The summed E-state index contributed by atoms with van der Waals surface area (Å²) in [6.45, 7) is 7.39. The van der Waals surface area contributed by atoms with Gasteiger partial charge in [-0.1, -0.05) is 17.7 Å². The molecule has 27 heavy (non-hydrogen) atoms. The Kier molecular flexibility index (Phi) is 6.23. The van der Waals surface area contributed by atoms with Crippen LogP contribution >= 0.6 is 11.6 Å². The van der Waals surface area contributed by atoms with Gasteiger partial charge in [-0.25, -0.2) is 4.68 Å². The van der Waals surface area contributed by atoms with Crippen molar-refractivity contribution in [1.82, 2.24) is 14.7 Å². The van der Waals surface area contributed by atoms with Crippen molar-refractivity contribution in [3.8, 4) is 5.75 Å². The molecule has 0 atom stereocenters. The van der Waals surface area contributed by atoms with Crippen molar-refractivity contribution in [2.24, 2.45) is 7.05 Å². The highest BCUT2D eigenvalue weighted by molar-refractivity contribution is 6.32. The van der Waals surface area contributed by atoms with E-state index < -0.39 is 0 Å². The normalized spacial score (nSPS) is 15.1. The maximum atomic E-state index is 11.8. The van der Waals surface area contributed by atoms with Crippen molar-refractivity contribution >= 4 is 23.0 Å². The highest BCUT2D eigenvalue weighted by Crippen LogP contribution is 2.28. The maximum Gasteiger partial charge on any atom is 0.287 e. The van der Waals surface area contributed by atoms with Gasteiger partial charge in [-0.2, -0.15) is 5.10 Å². The van der Waals surface area contributed by atoms with Crippen LogP contribution in [0.2, 0.25) is 5.02 Å². The molecule has 1 aliphatic rings. The second kappa shape index (κ2) is 8.63. The summed E-state index contributed by atoms with van der Waals surface area (Å²) in [6.07, 6.45) is 2.53. The van der Waals surface area contributed by atoms with Gasteiger partial charge < -0.3 is 15.3 Å². The zero-order valence-electron chi connectivity index (χ0n) is 15.8. The molecule has 1 fully saturated rings. The van der Waals surface area contributed by atoms with Crippen molar-refractivity contribution in [1.29, 1.82) is 0 Å². The van der Waals surface area contributed by atoms with Crippen LogP contribution in [0.25, 0.3) is 0 Å². The molecule has 1 aliphatic heterocycles. The molecule has 0 amide bonds. The molecular weight excluding hydrogens is 366 g/mol. The molecular formula is C19H26ClN5O2. The van der Waals surface area contributed by atoms with E-state index in [1.807, 2.05) is 25.1 Å². The molecule has 2 aromatic rings. The second-order valence-electron chi connectivity index (χ2n) is 6.90. The Morgan fingerprint density at radius 2 is 2.00 bits per heavy atom. The largest absolute Gasteiger partial charge is 0.506 e. The minimum atomic E-state index is -0.294. The number of aromatic hydroxyl groups is 1. The van der Waals surface area contributed by atoms with E-state index >= 15 is 0 Å². The number of halogens is 1. The molecule has 7 nitrogen and oxygen atoms in total. The number of piperazine rings is 1. The molecule has 3 rings (SSSR count). The van der Waals surface area contributed by atoms with Gasteiger partial charge in [0.2, 0.25) is 0 Å². The summed E-state index contributed by atoms with van der Waals surface area (Å²) in [5.41, 5.74) is 2.26. The number of nitrogens with zero attached hydrogens (tertiary/aromatic N) is 4. The number of nitrogens with one attached hydrogen (secondary N) is 1. The minimum absolute atomic E-state index is 0.180. The highest BCUT2D eigenvalue weighted by Gasteiger charge is 2.19. The first-order valence-electron chi connectivity index (χ1n) is 9.18. The summed E-state index contributed by atoms with van der Waals surface area (Å²) in [7, 11) is 1.58. The van der Waals surface area contributed by atoms with Crippen LogP contribution in [0, 0.1) is 6.92 Å². The quantitative estimate of drug-likeness (QED) is 0.734. The number of aryl methyl sites for hydroxylation is 2. The Morgan fingerprint density at radius 3 is 2.70 bits per heavy atom. The zero-order chi connectivity index (χ0) is 19.4. The van der Waals surface area contributed by atoms with E-state index in [1.165, 1.54) is 4.68 Å². The standard InChI is InChI=1S/C19H26ClN5O2/c1-14-4-5-16(17(26)12-14)25-10-8-24(9-11-25)7-3-6-21-15-13-22-23(2)19(27)18(15)20/h4-5,12-13,21,26H,3,6-11H2,1-2H3. The fourth-order valence-corrected chi connectivity index (χ4v) is 3.51. The van der Waals surface area contributed by atoms with Crippen molar-refractivity contribution in [2.45, 2.75) is 13.3 Å². The van der Waals surface area contributed by atoms with Crippen LogP contribution in [0.1, 0.15) is 12.0 Å². The average Bonchev–Trinajstić information content (AvgIpc) is 2.65. The average molecular weight is 392 g/mol. The Morgan fingerprint density at radius 1 is 1.26 bits per heavy atom. The lowest BCUT2D eigenvalue weighted by molar-refractivity contribution is 0.256. The number of phenolic OH excluding ortho intramolecular Hbond substituents is 1. The minimum Gasteiger partial charge on any atom is -0.506 e. The predicted octanol–water partition coefficient (Wildman–Crippen LogP) is 2.07. The van der Waals surface area contributed by atoms with Gasteiger partial charge in [0.15, 0.2) is 0 Å². The number of hydrogen-bond donors (Lipinski definition) is 2. The summed E-state index contributed by atoms with van der Waals surface area (Å²) < 4.78 is 1.22. The fraction of sp³-hybridized carbons (Fsp3) is 0.474. The first-order valence-corrected chi connectivity index (χ1v) is 9.56. The molecule has 1 saturated heterocycles. The molecule has 0 spiro atoms. The Hall–Kier alpha value is -2.25. The molecule has 2 N–H and O–H groups in total. The Balaban J connectivity index is 1.42. The van der Waals surface area contributed by atoms with Gasteiger partial charge in [0.05, 0.1) is 17.6 Å². The molecule has 146 valence electrons. The number of benzene rings is 1. The van der Waals surface area contributed by atoms with Crippen molar-refractivity contribution < 1.29 is 5.11 Å². The lowest BCUT2D eigenvalue weighted by Crippen LogP contribution is -2.46. The van der Waals surface area contributed by atoms with Crippen LogP contribution in [0.5, 0.6) is 5.75 Å². The van der Waals surface area contributed by atoms with Crippen LogP contribution in [-0.2, 0) is 7.05 Å². The van der Waals surface area contributed by atoms with Gasteiger partial charge >= 0.3 is 0 Å². The third-order valence-electron chi connectivity index (χ3n) is 4.89. The molecule has 0 unspecified atom stereocenters. The Bertz CT molecular complexity index is 846. The molecule has 0 saturated carbocycles. The maximum absolute atomic E-state index is 11.8. The topological polar surface area (TPSA) is 73.6 Å². The molecule has 2 heterocycles. The van der Waals surface area contributed by atoms with E-state index in [0.29, 0.717) is 11.4 Å². The lowest BCUT2D eigenvalue weighted by Gasteiger charge is -2.36. The summed E-state index contributed by atoms with van der Waals surface area (Å²) in [5, 5.41) is 17.5. The van der Waals surface area contributed by atoms with Crippen LogP contribution < -0.4 is 15.8 Å². The van der Waals surface area contributed by atoms with E-state index in [9.17, 15) is 9.90 Å². The fourth-order valence-electron chi connectivity index (χ4n) is 3.27. The monoisotopic (exact) mass is 391 g/mol. The van der Waals surface area contributed by atoms with E-state index in [-0.39, 0.29) is 10.6 Å². The lowest BCUT2D eigenvalue weighted by atomic mass is 10.1. The van der Waals surface area contributed by atoms with Gasteiger partial charge in [0, 0.05) is 39.8 Å². The predicted molar refractivity (Wildman–Crippen MR) is 109 cm³/mol. The summed E-state index contributed by atoms with van der Waals surface area (Å²) in [4.78, 5) is 16.4. The molecule has 0 aliphatic carbocycles. The van der Waals surface area contributed by atoms with E-state index in [2.05, 4.69) is 20.2 Å². The number of rotatable bonds is 6. The summed E-state index contributed by atoms with van der Waals surface area (Å²) >= 11 is 6.05. The van der Waals surface area contributed by atoms with Crippen molar-refractivity contribution in [2.75, 3.05) is 49.5 Å². The van der Waals surface area contributed by atoms with E-state index in [0.717, 1.165) is 56.9 Å². The van der Waals surface area contributed by atoms with Crippen molar-refractivity contribution in [3.63, 3.8) is 0 Å². The first kappa shape index (κ1) is 19.5. The Labute approximate surface area is 164 Å². The number of phenols is 1. The van der Waals surface area contributed by atoms with Crippen LogP contribution in [0.15, 0.2) is 29.2 Å². The number of hydrogen-bond acceptors (Lipinski definition) is 6. The zero-order valence-corrected chi connectivity index (χ0v) is 16.5. The molecule has 0 radical (unpaired) electrons. The number of anilines is 2. The van der Waals surface area contributed by atoms with Gasteiger partial charge in [-0.15, -0.1) is 0 Å². The van der Waals surface area contributed by atoms with Crippen LogP contribution in [-0.4, -0.2) is 59.1 Å². The smallest absolute Gasteiger partial charge is 0.287 e. The molecule has 0 bridgehead atoms. The SMILES string of the molecule is Cc1ccc(N2CCN(CCCNc3cnn(C)c(=O)c3Cl)CC2)c(O)c1. The van der Waals surface area contributed by atoms with Crippen molar-refractivity contribution in [3.05, 3.63) is 45.3 Å². The van der Waals surface area contributed by atoms with E-state index in [4.69, 9.17) is 11.6 Å². The molecule has 1 aromatic heterocycles. The first-order chi connectivity index (χ1) is 13.0.